The Morgan fingerprint density at radius 1 is 1.10 bits per heavy atom. The number of hydrogen-bond acceptors (Lipinski definition) is 7. The molecule has 168 valence electrons. The van der Waals surface area contributed by atoms with Crippen LogP contribution in [0.25, 0.3) is 0 Å². The average Bonchev–Trinajstić information content (AvgIpc) is 2.57. The minimum absolute atomic E-state index is 0.0880. The van der Waals surface area contributed by atoms with Gasteiger partial charge in [0.1, 0.15) is 0 Å². The predicted molar refractivity (Wildman–Crippen MR) is 121 cm³/mol. The van der Waals surface area contributed by atoms with Crippen LogP contribution in [0.2, 0.25) is 5.28 Å². The third-order valence-electron chi connectivity index (χ3n) is 5.64. The van der Waals surface area contributed by atoms with Crippen molar-refractivity contribution in [2.75, 3.05) is 23.7 Å². The summed E-state index contributed by atoms with van der Waals surface area (Å²) in [5, 5.41) is 10.3. The number of nitrogens with one attached hydrogen (secondary N) is 3. The number of amides is 1. The van der Waals surface area contributed by atoms with Gasteiger partial charge in [0.05, 0.1) is 11.1 Å². The smallest absolute Gasteiger partial charge is 0.242 e. The van der Waals surface area contributed by atoms with Crippen molar-refractivity contribution in [3.8, 4) is 0 Å². The lowest BCUT2D eigenvalue weighted by atomic mass is 9.89. The molecule has 2 heterocycles. The van der Waals surface area contributed by atoms with Gasteiger partial charge in [-0.25, -0.2) is 0 Å². The maximum Gasteiger partial charge on any atom is 0.242 e. The van der Waals surface area contributed by atoms with Crippen molar-refractivity contribution in [1.82, 2.24) is 25.2 Å². The van der Waals surface area contributed by atoms with Crippen LogP contribution < -0.4 is 16.0 Å². The highest BCUT2D eigenvalue weighted by Gasteiger charge is 2.44. The molecule has 1 aliphatic carbocycles. The Kier molecular flexibility index (Phi) is 6.49. The van der Waals surface area contributed by atoms with Gasteiger partial charge in [0.15, 0.2) is 0 Å². The van der Waals surface area contributed by atoms with Gasteiger partial charge in [-0.1, -0.05) is 19.3 Å². The first kappa shape index (κ1) is 23.0. The van der Waals surface area contributed by atoms with Crippen molar-refractivity contribution in [1.29, 1.82) is 0 Å². The first-order valence-corrected chi connectivity index (χ1v) is 11.3. The van der Waals surface area contributed by atoms with Gasteiger partial charge in [-0.05, 0) is 66.0 Å². The SMILES string of the molecule is CC(C)(CN1CC(C)(C)NC(C)(C)C1=O)Nc1nc(Cl)nc(NC2CCCCC2)n1. The first-order chi connectivity index (χ1) is 13.9. The molecule has 0 radical (unpaired) electrons. The number of anilines is 2. The molecular formula is C21H36ClN7O. The summed E-state index contributed by atoms with van der Waals surface area (Å²) in [6.45, 7) is 13.3. The molecule has 3 rings (SSSR count). The minimum atomic E-state index is -0.606. The number of hydrogen-bond donors (Lipinski definition) is 3. The van der Waals surface area contributed by atoms with E-state index < -0.39 is 11.1 Å². The van der Waals surface area contributed by atoms with Gasteiger partial charge in [0.2, 0.25) is 23.1 Å². The normalized spacial score (nSPS) is 22.1. The standard InChI is InChI=1S/C21H36ClN7O/c1-19(2,12-29-13-20(3,4)28-21(5,6)15(29)30)27-18-25-16(22)24-17(26-18)23-14-10-8-7-9-11-14/h14,28H,7-13H2,1-6H3,(H2,23,24,25,26,27). The maximum atomic E-state index is 13.0. The van der Waals surface area contributed by atoms with Gasteiger partial charge in [-0.15, -0.1) is 0 Å². The Bertz CT molecular complexity index is 775. The number of carbonyl (C=O) groups is 1. The van der Waals surface area contributed by atoms with Crippen LogP contribution in [0.4, 0.5) is 11.9 Å². The summed E-state index contributed by atoms with van der Waals surface area (Å²) in [7, 11) is 0. The molecule has 1 amide bonds. The van der Waals surface area contributed by atoms with E-state index in [0.717, 1.165) is 12.8 Å². The highest BCUT2D eigenvalue weighted by Crippen LogP contribution is 2.25. The van der Waals surface area contributed by atoms with Crippen LogP contribution in [0.15, 0.2) is 0 Å². The van der Waals surface area contributed by atoms with Crippen molar-refractivity contribution in [3.63, 3.8) is 0 Å². The van der Waals surface area contributed by atoms with E-state index in [4.69, 9.17) is 11.6 Å². The number of aromatic nitrogens is 3. The Morgan fingerprint density at radius 3 is 2.40 bits per heavy atom. The van der Waals surface area contributed by atoms with Crippen LogP contribution in [0.3, 0.4) is 0 Å². The predicted octanol–water partition coefficient (Wildman–Crippen LogP) is 3.45. The van der Waals surface area contributed by atoms with Crippen LogP contribution in [-0.2, 0) is 4.79 Å². The van der Waals surface area contributed by atoms with Crippen LogP contribution in [-0.4, -0.2) is 61.5 Å². The largest absolute Gasteiger partial charge is 0.351 e. The average molecular weight is 438 g/mol. The van der Waals surface area contributed by atoms with Crippen LogP contribution >= 0.6 is 11.6 Å². The second kappa shape index (κ2) is 8.46. The van der Waals surface area contributed by atoms with Crippen molar-refractivity contribution in [3.05, 3.63) is 5.28 Å². The molecule has 8 nitrogen and oxygen atoms in total. The van der Waals surface area contributed by atoms with Crippen molar-refractivity contribution >= 4 is 29.4 Å². The molecule has 0 bridgehead atoms. The molecule has 1 aromatic rings. The van der Waals surface area contributed by atoms with E-state index in [2.05, 4.69) is 44.7 Å². The van der Waals surface area contributed by atoms with E-state index in [-0.39, 0.29) is 16.7 Å². The second-order valence-corrected chi connectivity index (χ2v) is 10.9. The second-order valence-electron chi connectivity index (χ2n) is 10.5. The summed E-state index contributed by atoms with van der Waals surface area (Å²) in [6.07, 6.45) is 5.97. The molecule has 1 aliphatic heterocycles. The molecule has 0 atom stereocenters. The molecule has 1 saturated heterocycles. The molecule has 9 heteroatoms. The van der Waals surface area contributed by atoms with E-state index in [1.165, 1.54) is 19.3 Å². The number of nitrogens with zero attached hydrogens (tertiary/aromatic N) is 4. The fourth-order valence-corrected chi connectivity index (χ4v) is 4.89. The summed E-state index contributed by atoms with van der Waals surface area (Å²) in [4.78, 5) is 27.9. The highest BCUT2D eigenvalue weighted by molar-refractivity contribution is 6.28. The fraction of sp³-hybridized carbons (Fsp3) is 0.810. The molecule has 0 unspecified atom stereocenters. The Hall–Kier alpha value is -1.67. The topological polar surface area (TPSA) is 95.1 Å². The lowest BCUT2D eigenvalue weighted by molar-refractivity contribution is -0.144. The fourth-order valence-electron chi connectivity index (χ4n) is 4.73. The van der Waals surface area contributed by atoms with Crippen molar-refractivity contribution in [2.45, 2.75) is 96.3 Å². The minimum Gasteiger partial charge on any atom is -0.351 e. The molecular weight excluding hydrogens is 402 g/mol. The first-order valence-electron chi connectivity index (χ1n) is 10.9. The number of rotatable bonds is 6. The lowest BCUT2D eigenvalue weighted by Gasteiger charge is -2.49. The molecule has 2 aliphatic rings. The summed E-state index contributed by atoms with van der Waals surface area (Å²) in [5.74, 6) is 1.00. The van der Waals surface area contributed by atoms with Crippen LogP contribution in [0, 0.1) is 0 Å². The molecule has 0 spiro atoms. The van der Waals surface area contributed by atoms with E-state index in [1.807, 2.05) is 32.6 Å². The number of carbonyl (C=O) groups excluding carboxylic acids is 1. The molecule has 30 heavy (non-hydrogen) atoms. The molecule has 1 saturated carbocycles. The third-order valence-corrected chi connectivity index (χ3v) is 5.81. The summed E-state index contributed by atoms with van der Waals surface area (Å²) in [5.41, 5.74) is -1.22. The zero-order valence-corrected chi connectivity index (χ0v) is 19.9. The Balaban J connectivity index is 1.70. The van der Waals surface area contributed by atoms with E-state index in [0.29, 0.717) is 31.0 Å². The molecule has 3 N–H and O–H groups in total. The number of halogens is 1. The summed E-state index contributed by atoms with van der Waals surface area (Å²) in [6, 6.07) is 0.376. The van der Waals surface area contributed by atoms with Gasteiger partial charge in [0.25, 0.3) is 0 Å². The van der Waals surface area contributed by atoms with Gasteiger partial charge in [-0.2, -0.15) is 15.0 Å². The zero-order valence-electron chi connectivity index (χ0n) is 19.1. The van der Waals surface area contributed by atoms with Crippen molar-refractivity contribution < 1.29 is 4.79 Å². The Labute approximate surface area is 185 Å². The zero-order chi connectivity index (χ0) is 22.2. The van der Waals surface area contributed by atoms with E-state index in [9.17, 15) is 4.79 Å². The highest BCUT2D eigenvalue weighted by atomic mass is 35.5. The van der Waals surface area contributed by atoms with Crippen molar-refractivity contribution in [2.24, 2.45) is 0 Å². The molecule has 2 fully saturated rings. The monoisotopic (exact) mass is 437 g/mol. The maximum absolute atomic E-state index is 13.0. The van der Waals surface area contributed by atoms with E-state index >= 15 is 0 Å². The quantitative estimate of drug-likeness (QED) is 0.627. The van der Waals surface area contributed by atoms with Gasteiger partial charge in [0, 0.05) is 24.7 Å². The Morgan fingerprint density at radius 2 is 1.73 bits per heavy atom. The lowest BCUT2D eigenvalue weighted by Crippen LogP contribution is -2.71. The van der Waals surface area contributed by atoms with Gasteiger partial charge >= 0.3 is 0 Å². The molecule has 0 aromatic carbocycles. The number of piperazine rings is 1. The van der Waals surface area contributed by atoms with Crippen LogP contribution in [0.5, 0.6) is 0 Å². The van der Waals surface area contributed by atoms with Gasteiger partial charge < -0.3 is 15.5 Å². The molecule has 1 aromatic heterocycles. The third kappa shape index (κ3) is 5.94. The summed E-state index contributed by atoms with van der Waals surface area (Å²) < 4.78 is 0. The summed E-state index contributed by atoms with van der Waals surface area (Å²) >= 11 is 6.17. The van der Waals surface area contributed by atoms with Gasteiger partial charge in [-0.3, -0.25) is 10.1 Å². The van der Waals surface area contributed by atoms with E-state index in [1.54, 1.807) is 0 Å². The van der Waals surface area contributed by atoms with Crippen LogP contribution in [0.1, 0.15) is 73.6 Å².